The van der Waals surface area contributed by atoms with E-state index >= 15 is 0 Å². The number of hydrogen-bond acceptors (Lipinski definition) is 3. The van der Waals surface area contributed by atoms with Crippen LogP contribution in [0.5, 0.6) is 11.5 Å². The molecule has 1 aliphatic carbocycles. The fourth-order valence-electron chi connectivity index (χ4n) is 4.08. The number of benzene rings is 2. The van der Waals surface area contributed by atoms with E-state index < -0.39 is 5.41 Å². The fraction of sp³-hybridized carbons (Fsp3) is 0.519. The van der Waals surface area contributed by atoms with Crippen molar-refractivity contribution in [2.75, 3.05) is 6.61 Å². The van der Waals surface area contributed by atoms with Crippen molar-refractivity contribution in [3.05, 3.63) is 58.1 Å². The number of hydrogen-bond donors (Lipinski definition) is 1. The Morgan fingerprint density at radius 1 is 1.06 bits per heavy atom. The summed E-state index contributed by atoms with van der Waals surface area (Å²) in [5.74, 6) is 1.99. The van der Waals surface area contributed by atoms with Gasteiger partial charge in [0.05, 0.1) is 12.7 Å². The van der Waals surface area contributed by atoms with Crippen LogP contribution in [0.4, 0.5) is 0 Å². The fourth-order valence-corrected chi connectivity index (χ4v) is 4.35. The highest BCUT2D eigenvalue weighted by molar-refractivity contribution is 9.10. The molecule has 0 spiro atoms. The zero-order chi connectivity index (χ0) is 23.1. The summed E-state index contributed by atoms with van der Waals surface area (Å²) in [5, 5.41) is 3.28. The molecule has 0 unspecified atom stereocenters. The van der Waals surface area contributed by atoms with Gasteiger partial charge in [0.1, 0.15) is 11.5 Å². The van der Waals surface area contributed by atoms with Gasteiger partial charge in [-0.3, -0.25) is 4.79 Å². The highest BCUT2D eigenvalue weighted by Gasteiger charge is 2.31. The second-order valence-electron chi connectivity index (χ2n) is 9.62. The zero-order valence-electron chi connectivity index (χ0n) is 19.7. The minimum atomic E-state index is -0.407. The second-order valence-corrected chi connectivity index (χ2v) is 10.5. The van der Waals surface area contributed by atoms with Crippen LogP contribution in [-0.2, 0) is 4.79 Å². The van der Waals surface area contributed by atoms with Crippen LogP contribution < -0.4 is 14.8 Å². The van der Waals surface area contributed by atoms with Gasteiger partial charge in [0, 0.05) is 15.9 Å². The summed E-state index contributed by atoms with van der Waals surface area (Å²) < 4.78 is 13.1. The molecule has 4 nitrogen and oxygen atoms in total. The first-order valence-electron chi connectivity index (χ1n) is 11.7. The lowest BCUT2D eigenvalue weighted by Gasteiger charge is -2.32. The third kappa shape index (κ3) is 7.26. The van der Waals surface area contributed by atoms with Crippen molar-refractivity contribution in [3.63, 3.8) is 0 Å². The average molecular weight is 502 g/mol. The predicted octanol–water partition coefficient (Wildman–Crippen LogP) is 6.76. The van der Waals surface area contributed by atoms with E-state index in [1.165, 1.54) is 5.56 Å². The zero-order valence-corrected chi connectivity index (χ0v) is 21.3. The number of amides is 1. The summed E-state index contributed by atoms with van der Waals surface area (Å²) in [5.41, 5.74) is 1.94. The Labute approximate surface area is 201 Å². The Bertz CT molecular complexity index is 886. The van der Waals surface area contributed by atoms with Gasteiger partial charge >= 0.3 is 0 Å². The molecule has 5 heteroatoms. The van der Waals surface area contributed by atoms with E-state index in [9.17, 15) is 4.79 Å². The van der Waals surface area contributed by atoms with E-state index in [0.29, 0.717) is 6.61 Å². The van der Waals surface area contributed by atoms with Gasteiger partial charge in [-0.05, 0) is 93.8 Å². The third-order valence-corrected chi connectivity index (χ3v) is 6.82. The second kappa shape index (κ2) is 11.2. The molecule has 0 bridgehead atoms. The molecule has 0 heterocycles. The summed E-state index contributed by atoms with van der Waals surface area (Å²) in [6.45, 7) is 8.81. The van der Waals surface area contributed by atoms with Crippen molar-refractivity contribution in [2.45, 2.75) is 78.4 Å². The van der Waals surface area contributed by atoms with Crippen LogP contribution in [0.1, 0.15) is 63.5 Å². The van der Waals surface area contributed by atoms with E-state index in [2.05, 4.69) is 53.3 Å². The normalized spacial score (nSPS) is 18.8. The number of carbonyl (C=O) groups is 1. The summed E-state index contributed by atoms with van der Waals surface area (Å²) in [4.78, 5) is 12.9. The molecule has 32 heavy (non-hydrogen) atoms. The molecular formula is C27H36BrNO3. The highest BCUT2D eigenvalue weighted by atomic mass is 79.9. The van der Waals surface area contributed by atoms with E-state index in [-0.39, 0.29) is 18.1 Å². The van der Waals surface area contributed by atoms with Crippen LogP contribution in [0.2, 0.25) is 0 Å². The van der Waals surface area contributed by atoms with Crippen LogP contribution in [-0.4, -0.2) is 24.7 Å². The Morgan fingerprint density at radius 2 is 1.75 bits per heavy atom. The van der Waals surface area contributed by atoms with Gasteiger partial charge in [-0.2, -0.15) is 0 Å². The largest absolute Gasteiger partial charge is 0.493 e. The highest BCUT2D eigenvalue weighted by Crippen LogP contribution is 2.28. The molecule has 2 aromatic rings. The first-order chi connectivity index (χ1) is 15.2. The first kappa shape index (κ1) is 24.6. The van der Waals surface area contributed by atoms with Gasteiger partial charge in [0.2, 0.25) is 5.91 Å². The van der Waals surface area contributed by atoms with E-state index in [1.807, 2.05) is 38.1 Å². The summed E-state index contributed by atoms with van der Waals surface area (Å²) in [6, 6.07) is 14.5. The number of aryl methyl sites for hydroxylation is 2. The average Bonchev–Trinajstić information content (AvgIpc) is 2.76. The Balaban J connectivity index is 1.37. The lowest BCUT2D eigenvalue weighted by molar-refractivity contribution is -0.130. The first-order valence-corrected chi connectivity index (χ1v) is 12.5. The van der Waals surface area contributed by atoms with Crippen molar-refractivity contribution < 1.29 is 14.3 Å². The summed E-state index contributed by atoms with van der Waals surface area (Å²) >= 11 is 3.45. The monoisotopic (exact) mass is 501 g/mol. The van der Waals surface area contributed by atoms with Gasteiger partial charge in [0.25, 0.3) is 0 Å². The molecule has 2 aromatic carbocycles. The SMILES string of the molecule is Cc1ccc(C)c(OCCCC(C)(C)C(=O)NC2CCC(Oc3ccc(Br)cc3)CC2)c1. The number of rotatable bonds is 9. The van der Waals surface area contributed by atoms with Crippen LogP contribution in [0.3, 0.4) is 0 Å². The molecule has 1 amide bonds. The van der Waals surface area contributed by atoms with Gasteiger partial charge in [-0.1, -0.05) is 41.9 Å². The maximum absolute atomic E-state index is 12.9. The van der Waals surface area contributed by atoms with Gasteiger partial charge in [-0.25, -0.2) is 0 Å². The van der Waals surface area contributed by atoms with Crippen molar-refractivity contribution in [3.8, 4) is 11.5 Å². The molecule has 1 aliphatic rings. The van der Waals surface area contributed by atoms with Gasteiger partial charge in [-0.15, -0.1) is 0 Å². The van der Waals surface area contributed by atoms with Crippen molar-refractivity contribution in [1.82, 2.24) is 5.32 Å². The minimum Gasteiger partial charge on any atom is -0.493 e. The maximum atomic E-state index is 12.9. The molecule has 0 aromatic heterocycles. The minimum absolute atomic E-state index is 0.140. The van der Waals surface area contributed by atoms with E-state index in [0.717, 1.165) is 60.1 Å². The van der Waals surface area contributed by atoms with Gasteiger partial charge < -0.3 is 14.8 Å². The Hall–Kier alpha value is -2.01. The molecule has 174 valence electrons. The molecule has 1 saturated carbocycles. The number of nitrogens with one attached hydrogen (secondary N) is 1. The number of carbonyl (C=O) groups excluding carboxylic acids is 1. The summed E-state index contributed by atoms with van der Waals surface area (Å²) in [6.07, 6.45) is 5.71. The van der Waals surface area contributed by atoms with Crippen molar-refractivity contribution in [1.29, 1.82) is 0 Å². The molecular weight excluding hydrogens is 466 g/mol. The number of ether oxygens (including phenoxy) is 2. The topological polar surface area (TPSA) is 47.6 Å². The standard InChI is InChI=1S/C27H36BrNO3/c1-19-6-7-20(2)25(18-19)31-17-5-16-27(3,4)26(30)29-22-10-14-24(15-11-22)32-23-12-8-21(28)9-13-23/h6-9,12-13,18,22,24H,5,10-11,14-17H2,1-4H3,(H,29,30). The van der Waals surface area contributed by atoms with Crippen molar-refractivity contribution >= 4 is 21.8 Å². The molecule has 0 atom stereocenters. The van der Waals surface area contributed by atoms with Crippen LogP contribution in [0, 0.1) is 19.3 Å². The van der Waals surface area contributed by atoms with Crippen LogP contribution in [0.25, 0.3) is 0 Å². The lowest BCUT2D eigenvalue weighted by Crippen LogP contribution is -2.45. The Morgan fingerprint density at radius 3 is 2.44 bits per heavy atom. The van der Waals surface area contributed by atoms with Crippen LogP contribution >= 0.6 is 15.9 Å². The predicted molar refractivity (Wildman–Crippen MR) is 133 cm³/mol. The summed E-state index contributed by atoms with van der Waals surface area (Å²) in [7, 11) is 0. The van der Waals surface area contributed by atoms with Crippen molar-refractivity contribution in [2.24, 2.45) is 5.41 Å². The van der Waals surface area contributed by atoms with E-state index in [4.69, 9.17) is 9.47 Å². The quantitative estimate of drug-likeness (QED) is 0.386. The third-order valence-electron chi connectivity index (χ3n) is 6.29. The van der Waals surface area contributed by atoms with E-state index in [1.54, 1.807) is 0 Å². The van der Waals surface area contributed by atoms with Gasteiger partial charge in [0.15, 0.2) is 0 Å². The van der Waals surface area contributed by atoms with Crippen LogP contribution in [0.15, 0.2) is 46.9 Å². The smallest absolute Gasteiger partial charge is 0.225 e. The number of halogens is 1. The molecule has 3 rings (SSSR count). The maximum Gasteiger partial charge on any atom is 0.225 e. The molecule has 1 N–H and O–H groups in total. The lowest BCUT2D eigenvalue weighted by atomic mass is 9.85. The molecule has 0 radical (unpaired) electrons. The Kier molecular flexibility index (Phi) is 8.64. The molecule has 0 aliphatic heterocycles. The molecule has 1 fully saturated rings. The molecule has 0 saturated heterocycles.